The third-order valence-corrected chi connectivity index (χ3v) is 3.88. The summed E-state index contributed by atoms with van der Waals surface area (Å²) in [5, 5.41) is 10.4. The van der Waals surface area contributed by atoms with E-state index in [-0.39, 0.29) is 18.8 Å². The van der Waals surface area contributed by atoms with Crippen LogP contribution in [-0.4, -0.2) is 53.3 Å². The van der Waals surface area contributed by atoms with Crippen LogP contribution >= 0.6 is 0 Å². The summed E-state index contributed by atoms with van der Waals surface area (Å²) in [4.78, 5) is 26.0. The number of fused-ring (bicyclic) bond motifs is 1. The van der Waals surface area contributed by atoms with Gasteiger partial charge in [0.25, 0.3) is 0 Å². The highest BCUT2D eigenvalue weighted by molar-refractivity contribution is 5.97. The zero-order valence-corrected chi connectivity index (χ0v) is 12.1. The summed E-state index contributed by atoms with van der Waals surface area (Å²) in [7, 11) is 0. The largest absolute Gasteiger partial charge is 0.465 e. The van der Waals surface area contributed by atoms with Crippen molar-refractivity contribution in [2.45, 2.75) is 38.8 Å². The lowest BCUT2D eigenvalue weighted by molar-refractivity contribution is -0.153. The lowest BCUT2D eigenvalue weighted by atomic mass is 9.84. The minimum absolute atomic E-state index is 0.236. The summed E-state index contributed by atoms with van der Waals surface area (Å²) in [5.74, 6) is -1.79. The summed E-state index contributed by atoms with van der Waals surface area (Å²) in [6.07, 6.45) is 2.19. The second-order valence-corrected chi connectivity index (χ2v) is 5.32. The van der Waals surface area contributed by atoms with Crippen molar-refractivity contribution in [2.24, 2.45) is 5.92 Å². The lowest BCUT2D eigenvalue weighted by Crippen LogP contribution is -2.47. The van der Waals surface area contributed by atoms with Gasteiger partial charge in [-0.05, 0) is 27.2 Å². The van der Waals surface area contributed by atoms with Gasteiger partial charge in [-0.1, -0.05) is 0 Å². The van der Waals surface area contributed by atoms with Gasteiger partial charge in [-0.25, -0.2) is 4.79 Å². The summed E-state index contributed by atoms with van der Waals surface area (Å²) in [6.45, 7) is 6.20. The lowest BCUT2D eigenvalue weighted by Gasteiger charge is -2.30. The van der Waals surface area contributed by atoms with Crippen LogP contribution in [0, 0.1) is 5.92 Å². The van der Waals surface area contributed by atoms with Gasteiger partial charge in [-0.3, -0.25) is 4.79 Å². The van der Waals surface area contributed by atoms with E-state index in [1.54, 1.807) is 27.0 Å². The Morgan fingerprint density at radius 1 is 1.40 bits per heavy atom. The first-order valence-corrected chi connectivity index (χ1v) is 6.96. The monoisotopic (exact) mass is 283 g/mol. The Kier molecular flexibility index (Phi) is 4.04. The molecule has 1 fully saturated rings. The van der Waals surface area contributed by atoms with E-state index in [4.69, 9.17) is 9.47 Å². The molecule has 0 spiro atoms. The quantitative estimate of drug-likeness (QED) is 0.755. The maximum Gasteiger partial charge on any atom is 0.336 e. The predicted molar refractivity (Wildman–Crippen MR) is 70.6 cm³/mol. The average molecular weight is 283 g/mol. The van der Waals surface area contributed by atoms with Gasteiger partial charge in [0.15, 0.2) is 0 Å². The van der Waals surface area contributed by atoms with Gasteiger partial charge < -0.3 is 19.5 Å². The zero-order valence-electron chi connectivity index (χ0n) is 12.1. The fraction of sp³-hybridized carbons (Fsp3) is 0.714. The second-order valence-electron chi connectivity index (χ2n) is 5.32. The van der Waals surface area contributed by atoms with Gasteiger partial charge in [0.05, 0.1) is 30.4 Å². The van der Waals surface area contributed by atoms with Crippen molar-refractivity contribution >= 4 is 11.9 Å². The fourth-order valence-electron chi connectivity index (χ4n) is 3.01. The van der Waals surface area contributed by atoms with Crippen molar-refractivity contribution in [3.63, 3.8) is 0 Å². The Morgan fingerprint density at radius 2 is 2.05 bits per heavy atom. The van der Waals surface area contributed by atoms with Gasteiger partial charge in [0, 0.05) is 12.7 Å². The molecule has 20 heavy (non-hydrogen) atoms. The summed E-state index contributed by atoms with van der Waals surface area (Å²) in [5.41, 5.74) is -0.752. The van der Waals surface area contributed by atoms with Crippen molar-refractivity contribution in [1.29, 1.82) is 0 Å². The molecule has 3 atom stereocenters. The second kappa shape index (κ2) is 5.44. The first-order chi connectivity index (χ1) is 9.42. The van der Waals surface area contributed by atoms with E-state index in [2.05, 4.69) is 0 Å². The van der Waals surface area contributed by atoms with Crippen LogP contribution in [0.2, 0.25) is 0 Å². The van der Waals surface area contributed by atoms with Crippen molar-refractivity contribution in [3.8, 4) is 0 Å². The molecule has 6 nitrogen and oxygen atoms in total. The van der Waals surface area contributed by atoms with Crippen molar-refractivity contribution in [3.05, 3.63) is 11.8 Å². The molecule has 2 aliphatic heterocycles. The van der Waals surface area contributed by atoms with Gasteiger partial charge >= 0.3 is 11.9 Å². The Hall–Kier alpha value is -1.56. The molecule has 0 radical (unpaired) electrons. The SMILES string of the molecule is CCOC(=O)C1=CN2CC[C@](C)(O)[C@H]2[C@@H]1C(=O)OCC. The smallest absolute Gasteiger partial charge is 0.336 e. The molecule has 112 valence electrons. The van der Waals surface area contributed by atoms with Crippen molar-refractivity contribution in [2.75, 3.05) is 19.8 Å². The molecule has 1 saturated heterocycles. The van der Waals surface area contributed by atoms with Crippen LogP contribution in [0.3, 0.4) is 0 Å². The fourth-order valence-corrected chi connectivity index (χ4v) is 3.01. The van der Waals surface area contributed by atoms with Crippen LogP contribution in [-0.2, 0) is 19.1 Å². The van der Waals surface area contributed by atoms with Gasteiger partial charge in [0.2, 0.25) is 0 Å². The van der Waals surface area contributed by atoms with Crippen LogP contribution in [0.25, 0.3) is 0 Å². The van der Waals surface area contributed by atoms with Crippen molar-refractivity contribution < 1.29 is 24.2 Å². The summed E-state index contributed by atoms with van der Waals surface area (Å²) >= 11 is 0. The maximum atomic E-state index is 12.2. The van der Waals surface area contributed by atoms with Gasteiger partial charge in [-0.15, -0.1) is 0 Å². The number of hydrogen-bond acceptors (Lipinski definition) is 6. The van der Waals surface area contributed by atoms with E-state index in [1.807, 2.05) is 4.90 Å². The molecule has 0 aromatic heterocycles. The Balaban J connectivity index is 2.31. The van der Waals surface area contributed by atoms with E-state index >= 15 is 0 Å². The van der Waals surface area contributed by atoms with Crippen LogP contribution in [0.15, 0.2) is 11.8 Å². The number of ether oxygens (including phenoxy) is 2. The number of hydrogen-bond donors (Lipinski definition) is 1. The molecule has 0 aromatic carbocycles. The molecular formula is C14H21NO5. The third kappa shape index (κ3) is 2.40. The number of carbonyl (C=O) groups excluding carboxylic acids is 2. The van der Waals surface area contributed by atoms with Crippen LogP contribution < -0.4 is 0 Å². The third-order valence-electron chi connectivity index (χ3n) is 3.88. The summed E-state index contributed by atoms with van der Waals surface area (Å²) < 4.78 is 10.1. The molecule has 2 heterocycles. The number of esters is 2. The van der Waals surface area contributed by atoms with E-state index in [1.165, 1.54) is 0 Å². The number of aliphatic hydroxyl groups is 1. The first-order valence-electron chi connectivity index (χ1n) is 6.96. The minimum atomic E-state index is -1.03. The Labute approximate surface area is 118 Å². The zero-order chi connectivity index (χ0) is 14.9. The van der Waals surface area contributed by atoms with E-state index < -0.39 is 29.5 Å². The highest BCUT2D eigenvalue weighted by Crippen LogP contribution is 2.42. The highest BCUT2D eigenvalue weighted by Gasteiger charge is 2.55. The number of rotatable bonds is 4. The molecule has 0 bridgehead atoms. The molecule has 1 N–H and O–H groups in total. The maximum absolute atomic E-state index is 12.2. The molecule has 0 aliphatic carbocycles. The molecule has 0 amide bonds. The predicted octanol–water partition coefficient (Wildman–Crippen LogP) is 0.452. The average Bonchev–Trinajstić information content (AvgIpc) is 2.89. The van der Waals surface area contributed by atoms with Gasteiger partial charge in [-0.2, -0.15) is 0 Å². The van der Waals surface area contributed by atoms with E-state index in [9.17, 15) is 14.7 Å². The molecule has 0 saturated carbocycles. The topological polar surface area (TPSA) is 76.1 Å². The molecule has 0 aromatic rings. The van der Waals surface area contributed by atoms with E-state index in [0.717, 1.165) is 0 Å². The van der Waals surface area contributed by atoms with Crippen LogP contribution in [0.1, 0.15) is 27.2 Å². The number of nitrogens with zero attached hydrogens (tertiary/aromatic N) is 1. The molecular weight excluding hydrogens is 262 g/mol. The van der Waals surface area contributed by atoms with Crippen LogP contribution in [0.5, 0.6) is 0 Å². The summed E-state index contributed by atoms with van der Waals surface area (Å²) in [6, 6.07) is -0.457. The number of carbonyl (C=O) groups is 2. The van der Waals surface area contributed by atoms with Crippen molar-refractivity contribution in [1.82, 2.24) is 4.90 Å². The molecule has 0 unspecified atom stereocenters. The van der Waals surface area contributed by atoms with E-state index in [0.29, 0.717) is 13.0 Å². The van der Waals surface area contributed by atoms with Gasteiger partial charge in [0.1, 0.15) is 5.92 Å². The molecule has 2 rings (SSSR count). The van der Waals surface area contributed by atoms with Crippen LogP contribution in [0.4, 0.5) is 0 Å². The Bertz CT molecular complexity index is 443. The molecule has 2 aliphatic rings. The first kappa shape index (κ1) is 14.8. The Morgan fingerprint density at radius 3 is 2.65 bits per heavy atom. The molecule has 6 heteroatoms. The minimum Gasteiger partial charge on any atom is -0.465 e. The normalized spacial score (nSPS) is 31.8. The highest BCUT2D eigenvalue weighted by atomic mass is 16.5. The standard InChI is InChI=1S/C14H21NO5/c1-4-19-12(16)9-8-15-7-6-14(3,18)11(15)10(9)13(17)20-5-2/h8,10-11,18H,4-7H2,1-3H3/t10-,11-,14+/m1/s1.